The Bertz CT molecular complexity index is 730. The first-order chi connectivity index (χ1) is 13.0. The van der Waals surface area contributed by atoms with E-state index in [4.69, 9.17) is 9.47 Å². The van der Waals surface area contributed by atoms with Gasteiger partial charge in [-0.15, -0.1) is 0 Å². The lowest BCUT2D eigenvalue weighted by Crippen LogP contribution is -2.45. The summed E-state index contributed by atoms with van der Waals surface area (Å²) >= 11 is 0. The number of rotatable bonds is 9. The van der Waals surface area contributed by atoms with Crippen LogP contribution in [0.1, 0.15) is 36.2 Å². The molecule has 1 unspecified atom stereocenters. The molecule has 0 saturated heterocycles. The van der Waals surface area contributed by atoms with E-state index in [1.165, 1.54) is 0 Å². The number of nitrogens with one attached hydrogen (secondary N) is 1. The lowest BCUT2D eigenvalue weighted by atomic mass is 10.0. The molecule has 1 aromatic heterocycles. The molecule has 0 bridgehead atoms. The molecule has 2 aromatic rings. The number of benzene rings is 1. The fourth-order valence-corrected chi connectivity index (χ4v) is 2.55. The van der Waals surface area contributed by atoms with Crippen LogP contribution in [0.15, 0.2) is 48.8 Å². The van der Waals surface area contributed by atoms with E-state index in [0.29, 0.717) is 24.3 Å². The first-order valence-corrected chi connectivity index (χ1v) is 9.01. The van der Waals surface area contributed by atoms with E-state index >= 15 is 0 Å². The normalized spacial score (nSPS) is 11.7. The summed E-state index contributed by atoms with van der Waals surface area (Å²) in [7, 11) is 1.56. The van der Waals surface area contributed by atoms with Gasteiger partial charge in [0.25, 0.3) is 5.91 Å². The van der Waals surface area contributed by atoms with Crippen molar-refractivity contribution < 1.29 is 19.1 Å². The number of carbonyl (C=O) groups excluding carboxylic acids is 2. The molecule has 6 heteroatoms. The molecule has 0 fully saturated rings. The molecule has 1 heterocycles. The molecule has 0 aliphatic carbocycles. The smallest absolute Gasteiger partial charge is 0.328 e. The average Bonchev–Trinajstić information content (AvgIpc) is 2.69. The summed E-state index contributed by atoms with van der Waals surface area (Å²) in [5, 5.41) is 2.76. The molecule has 1 amide bonds. The van der Waals surface area contributed by atoms with E-state index < -0.39 is 12.0 Å². The van der Waals surface area contributed by atoms with Crippen molar-refractivity contribution >= 4 is 11.9 Å². The second-order valence-corrected chi connectivity index (χ2v) is 6.56. The van der Waals surface area contributed by atoms with Crippen LogP contribution in [-0.4, -0.2) is 36.6 Å². The maximum atomic E-state index is 12.4. The minimum atomic E-state index is -0.696. The number of pyridine rings is 1. The molecule has 0 aliphatic heterocycles. The van der Waals surface area contributed by atoms with Crippen LogP contribution in [0.4, 0.5) is 0 Å². The summed E-state index contributed by atoms with van der Waals surface area (Å²) in [6, 6.07) is 9.89. The predicted octanol–water partition coefficient (Wildman–Crippen LogP) is 3.02. The zero-order valence-corrected chi connectivity index (χ0v) is 16.0. The minimum absolute atomic E-state index is 0.0852. The Morgan fingerprint density at radius 2 is 1.89 bits per heavy atom. The van der Waals surface area contributed by atoms with Gasteiger partial charge in [-0.1, -0.05) is 19.9 Å². The third-order valence-electron chi connectivity index (χ3n) is 4.14. The Kier molecular flexibility index (Phi) is 7.79. The number of amides is 1. The summed E-state index contributed by atoms with van der Waals surface area (Å²) in [6.45, 7) is 4.04. The van der Waals surface area contributed by atoms with E-state index in [1.807, 2.05) is 26.0 Å². The van der Waals surface area contributed by atoms with Crippen LogP contribution in [0.25, 0.3) is 0 Å². The first kappa shape index (κ1) is 20.4. The first-order valence-electron chi connectivity index (χ1n) is 9.01. The maximum Gasteiger partial charge on any atom is 0.328 e. The van der Waals surface area contributed by atoms with E-state index in [2.05, 4.69) is 10.3 Å². The van der Waals surface area contributed by atoms with Crippen LogP contribution < -0.4 is 10.1 Å². The minimum Gasteiger partial charge on any atom is -0.497 e. The molecular weight excluding hydrogens is 344 g/mol. The molecule has 0 saturated carbocycles. The lowest BCUT2D eigenvalue weighted by molar-refractivity contribution is -0.147. The van der Waals surface area contributed by atoms with Crippen LogP contribution in [0.3, 0.4) is 0 Å². The molecule has 1 N–H and O–H groups in total. The van der Waals surface area contributed by atoms with Gasteiger partial charge < -0.3 is 14.8 Å². The van der Waals surface area contributed by atoms with E-state index in [-0.39, 0.29) is 11.8 Å². The number of aryl methyl sites for hydroxylation is 1. The van der Waals surface area contributed by atoms with E-state index in [0.717, 1.165) is 12.0 Å². The van der Waals surface area contributed by atoms with Gasteiger partial charge in [-0.25, -0.2) is 4.79 Å². The standard InChI is InChI=1S/C21H26N2O4/c1-15(2)19(23-20(24)17-8-10-18(26-3)11-9-17)21(25)27-13-5-7-16-6-4-12-22-14-16/h4,6,8-12,14-15,19H,5,7,13H2,1-3H3,(H,23,24). The van der Waals surface area contributed by atoms with Gasteiger partial charge >= 0.3 is 5.97 Å². The van der Waals surface area contributed by atoms with Crippen LogP contribution in [0, 0.1) is 5.92 Å². The predicted molar refractivity (Wildman–Crippen MR) is 103 cm³/mol. The van der Waals surface area contributed by atoms with Gasteiger partial charge in [0.1, 0.15) is 11.8 Å². The number of esters is 1. The number of carbonyl (C=O) groups is 2. The van der Waals surface area contributed by atoms with E-state index in [1.54, 1.807) is 43.8 Å². The van der Waals surface area contributed by atoms with Gasteiger partial charge in [0.15, 0.2) is 0 Å². The van der Waals surface area contributed by atoms with Gasteiger partial charge in [0, 0.05) is 18.0 Å². The Labute approximate surface area is 159 Å². The van der Waals surface area contributed by atoms with Crippen LogP contribution in [-0.2, 0) is 16.0 Å². The molecule has 144 valence electrons. The topological polar surface area (TPSA) is 77.5 Å². The number of methoxy groups -OCH3 is 1. The number of ether oxygens (including phenoxy) is 2. The molecule has 27 heavy (non-hydrogen) atoms. The third-order valence-corrected chi connectivity index (χ3v) is 4.14. The van der Waals surface area contributed by atoms with E-state index in [9.17, 15) is 9.59 Å². The highest BCUT2D eigenvalue weighted by molar-refractivity contribution is 5.96. The molecular formula is C21H26N2O4. The summed E-state index contributed by atoms with van der Waals surface area (Å²) in [5.41, 5.74) is 1.56. The van der Waals surface area contributed by atoms with Crippen LogP contribution >= 0.6 is 0 Å². The molecule has 0 radical (unpaired) electrons. The number of aromatic nitrogens is 1. The zero-order valence-electron chi connectivity index (χ0n) is 16.0. The quantitative estimate of drug-likeness (QED) is 0.542. The molecule has 0 spiro atoms. The van der Waals surface area contributed by atoms with Crippen molar-refractivity contribution in [2.24, 2.45) is 5.92 Å². The molecule has 6 nitrogen and oxygen atoms in total. The van der Waals surface area contributed by atoms with Gasteiger partial charge in [0.2, 0.25) is 0 Å². The van der Waals surface area contributed by atoms with Crippen molar-refractivity contribution in [3.63, 3.8) is 0 Å². The summed E-state index contributed by atoms with van der Waals surface area (Å²) in [4.78, 5) is 28.9. The Balaban J connectivity index is 1.85. The highest BCUT2D eigenvalue weighted by Gasteiger charge is 2.26. The Hall–Kier alpha value is -2.89. The van der Waals surface area contributed by atoms with Crippen molar-refractivity contribution in [1.82, 2.24) is 10.3 Å². The van der Waals surface area contributed by atoms with Gasteiger partial charge in [-0.2, -0.15) is 0 Å². The second kappa shape index (κ2) is 10.3. The zero-order chi connectivity index (χ0) is 19.6. The van der Waals surface area contributed by atoms with Crippen molar-refractivity contribution in [2.45, 2.75) is 32.7 Å². The Morgan fingerprint density at radius 3 is 2.48 bits per heavy atom. The molecule has 1 aromatic carbocycles. The molecule has 2 rings (SSSR count). The maximum absolute atomic E-state index is 12.4. The summed E-state index contributed by atoms with van der Waals surface area (Å²) < 4.78 is 10.4. The largest absolute Gasteiger partial charge is 0.497 e. The fourth-order valence-electron chi connectivity index (χ4n) is 2.55. The van der Waals surface area contributed by atoms with Crippen LogP contribution in [0.2, 0.25) is 0 Å². The highest BCUT2D eigenvalue weighted by Crippen LogP contribution is 2.12. The average molecular weight is 370 g/mol. The second-order valence-electron chi connectivity index (χ2n) is 6.56. The van der Waals surface area contributed by atoms with Gasteiger partial charge in [-0.3, -0.25) is 9.78 Å². The van der Waals surface area contributed by atoms with Crippen LogP contribution in [0.5, 0.6) is 5.75 Å². The number of nitrogens with zero attached hydrogens (tertiary/aromatic N) is 1. The number of hydrogen-bond donors (Lipinski definition) is 1. The third kappa shape index (κ3) is 6.40. The summed E-state index contributed by atoms with van der Waals surface area (Å²) in [5.74, 6) is -0.153. The van der Waals surface area contributed by atoms with Crippen molar-refractivity contribution in [3.8, 4) is 5.75 Å². The van der Waals surface area contributed by atoms with Crippen molar-refractivity contribution in [3.05, 3.63) is 59.9 Å². The molecule has 0 aliphatic rings. The van der Waals surface area contributed by atoms with Crippen molar-refractivity contribution in [2.75, 3.05) is 13.7 Å². The fraction of sp³-hybridized carbons (Fsp3) is 0.381. The number of hydrogen-bond acceptors (Lipinski definition) is 5. The monoisotopic (exact) mass is 370 g/mol. The summed E-state index contributed by atoms with van der Waals surface area (Å²) in [6.07, 6.45) is 5.01. The SMILES string of the molecule is COc1ccc(C(=O)NC(C(=O)OCCCc2cccnc2)C(C)C)cc1. The Morgan fingerprint density at radius 1 is 1.15 bits per heavy atom. The molecule has 1 atom stereocenters. The van der Waals surface area contributed by atoms with Gasteiger partial charge in [0.05, 0.1) is 13.7 Å². The van der Waals surface area contributed by atoms with Crippen molar-refractivity contribution in [1.29, 1.82) is 0 Å². The lowest BCUT2D eigenvalue weighted by Gasteiger charge is -2.21. The van der Waals surface area contributed by atoms with Gasteiger partial charge in [-0.05, 0) is 54.7 Å². The highest BCUT2D eigenvalue weighted by atomic mass is 16.5.